The second-order valence-electron chi connectivity index (χ2n) is 7.70. The van der Waals surface area contributed by atoms with Gasteiger partial charge in [0.15, 0.2) is 17.0 Å². The van der Waals surface area contributed by atoms with E-state index in [1.807, 2.05) is 58.1 Å². The molecule has 1 fully saturated rings. The molecular weight excluding hydrogens is 404 g/mol. The van der Waals surface area contributed by atoms with Crippen LogP contribution in [0.25, 0.3) is 11.2 Å². The summed E-state index contributed by atoms with van der Waals surface area (Å²) in [5.74, 6) is 1.35. The van der Waals surface area contributed by atoms with Crippen molar-refractivity contribution in [1.29, 1.82) is 0 Å². The summed E-state index contributed by atoms with van der Waals surface area (Å²) in [5.41, 5.74) is 3.37. The van der Waals surface area contributed by atoms with Crippen LogP contribution in [0.5, 0.6) is 0 Å². The highest BCUT2D eigenvalue weighted by Gasteiger charge is 2.20. The summed E-state index contributed by atoms with van der Waals surface area (Å²) >= 11 is 0. The van der Waals surface area contributed by atoms with E-state index < -0.39 is 0 Å². The standard InChI is InChI=1S/C23H24N8O/c32-19-9-5-11-30(19)12-13-31-16-26-20-21(27-18-7-2-1-3-8-18)28-23(29-22(20)31)25-15-17-6-4-10-24-14-17/h1-4,6-8,10,14,16H,5,9,11-13,15H2,(H2,25,27,28,29). The highest BCUT2D eigenvalue weighted by Crippen LogP contribution is 2.24. The van der Waals surface area contributed by atoms with Crippen molar-refractivity contribution in [2.45, 2.75) is 25.9 Å². The van der Waals surface area contributed by atoms with Crippen LogP contribution in [0.2, 0.25) is 0 Å². The zero-order valence-electron chi connectivity index (χ0n) is 17.6. The van der Waals surface area contributed by atoms with Gasteiger partial charge in [-0.1, -0.05) is 24.3 Å². The molecule has 1 aliphatic rings. The molecule has 5 rings (SSSR count). The van der Waals surface area contributed by atoms with Gasteiger partial charge >= 0.3 is 0 Å². The lowest BCUT2D eigenvalue weighted by Crippen LogP contribution is -2.28. The van der Waals surface area contributed by atoms with Gasteiger partial charge in [-0.05, 0) is 30.2 Å². The number of rotatable bonds is 8. The molecule has 32 heavy (non-hydrogen) atoms. The van der Waals surface area contributed by atoms with E-state index >= 15 is 0 Å². The second-order valence-corrected chi connectivity index (χ2v) is 7.70. The SMILES string of the molecule is O=C1CCCN1CCn1cnc2c(Nc3ccccc3)nc(NCc3cccnc3)nc21. The number of para-hydroxylation sites is 1. The Hall–Kier alpha value is -4.01. The molecule has 4 aromatic rings. The van der Waals surface area contributed by atoms with Crippen LogP contribution in [-0.2, 0) is 17.9 Å². The Morgan fingerprint density at radius 2 is 1.94 bits per heavy atom. The average Bonchev–Trinajstić information content (AvgIpc) is 3.43. The summed E-state index contributed by atoms with van der Waals surface area (Å²) in [6.45, 7) is 2.65. The van der Waals surface area contributed by atoms with Gasteiger partial charge in [0.1, 0.15) is 0 Å². The number of hydrogen-bond acceptors (Lipinski definition) is 7. The van der Waals surface area contributed by atoms with Crippen molar-refractivity contribution in [2.24, 2.45) is 0 Å². The Morgan fingerprint density at radius 1 is 1.03 bits per heavy atom. The fourth-order valence-corrected chi connectivity index (χ4v) is 3.79. The third-order valence-electron chi connectivity index (χ3n) is 5.46. The van der Waals surface area contributed by atoms with Crippen molar-refractivity contribution in [2.75, 3.05) is 23.7 Å². The largest absolute Gasteiger partial charge is 0.350 e. The van der Waals surface area contributed by atoms with Gasteiger partial charge in [-0.25, -0.2) is 4.98 Å². The van der Waals surface area contributed by atoms with Crippen molar-refractivity contribution < 1.29 is 4.79 Å². The summed E-state index contributed by atoms with van der Waals surface area (Å²) in [6.07, 6.45) is 6.89. The Balaban J connectivity index is 1.44. The number of anilines is 3. The lowest BCUT2D eigenvalue weighted by Gasteiger charge is -2.16. The normalized spacial score (nSPS) is 13.6. The van der Waals surface area contributed by atoms with Gasteiger partial charge in [-0.15, -0.1) is 0 Å². The van der Waals surface area contributed by atoms with Crippen LogP contribution in [0, 0.1) is 0 Å². The van der Waals surface area contributed by atoms with E-state index in [1.54, 1.807) is 12.5 Å². The van der Waals surface area contributed by atoms with Crippen LogP contribution >= 0.6 is 0 Å². The van der Waals surface area contributed by atoms with Gasteiger partial charge in [0.2, 0.25) is 11.9 Å². The van der Waals surface area contributed by atoms with Crippen LogP contribution in [-0.4, -0.2) is 48.4 Å². The lowest BCUT2D eigenvalue weighted by atomic mass is 10.3. The van der Waals surface area contributed by atoms with Gasteiger partial charge in [0.05, 0.1) is 6.33 Å². The molecule has 0 unspecified atom stereocenters. The molecule has 2 N–H and O–H groups in total. The summed E-state index contributed by atoms with van der Waals surface area (Å²) < 4.78 is 1.98. The number of fused-ring (bicyclic) bond motifs is 1. The number of benzene rings is 1. The van der Waals surface area contributed by atoms with Crippen LogP contribution in [0.1, 0.15) is 18.4 Å². The Labute approximate surface area is 185 Å². The minimum Gasteiger partial charge on any atom is -0.350 e. The molecule has 3 aromatic heterocycles. The zero-order chi connectivity index (χ0) is 21.8. The monoisotopic (exact) mass is 428 g/mol. The molecule has 0 bridgehead atoms. The molecule has 9 heteroatoms. The van der Waals surface area contributed by atoms with E-state index in [-0.39, 0.29) is 5.91 Å². The van der Waals surface area contributed by atoms with E-state index in [0.29, 0.717) is 43.3 Å². The number of hydrogen-bond donors (Lipinski definition) is 2. The number of imidazole rings is 1. The number of aromatic nitrogens is 5. The quantitative estimate of drug-likeness (QED) is 0.444. The first-order chi connectivity index (χ1) is 15.8. The molecular formula is C23H24N8O. The molecule has 162 valence electrons. The van der Waals surface area contributed by atoms with Crippen LogP contribution in [0.15, 0.2) is 61.2 Å². The number of nitrogens with zero attached hydrogens (tertiary/aromatic N) is 6. The average molecular weight is 429 g/mol. The number of nitrogens with one attached hydrogen (secondary N) is 2. The molecule has 0 aliphatic carbocycles. The van der Waals surface area contributed by atoms with Crippen molar-refractivity contribution in [1.82, 2.24) is 29.4 Å². The third kappa shape index (κ3) is 4.36. The molecule has 4 heterocycles. The predicted molar refractivity (Wildman–Crippen MR) is 122 cm³/mol. The number of carbonyl (C=O) groups is 1. The summed E-state index contributed by atoms with van der Waals surface area (Å²) in [6, 6.07) is 13.8. The summed E-state index contributed by atoms with van der Waals surface area (Å²) in [7, 11) is 0. The Bertz CT molecular complexity index is 1210. The first kappa shape index (κ1) is 19.9. The number of pyridine rings is 1. The molecule has 0 radical (unpaired) electrons. The maximum Gasteiger partial charge on any atom is 0.227 e. The summed E-state index contributed by atoms with van der Waals surface area (Å²) in [5, 5.41) is 6.65. The van der Waals surface area contributed by atoms with Crippen molar-refractivity contribution in [3.05, 3.63) is 66.7 Å². The van der Waals surface area contributed by atoms with E-state index in [0.717, 1.165) is 29.9 Å². The number of carbonyl (C=O) groups excluding carboxylic acids is 1. The zero-order valence-corrected chi connectivity index (χ0v) is 17.6. The number of likely N-dealkylation sites (tertiary alicyclic amines) is 1. The van der Waals surface area contributed by atoms with E-state index in [4.69, 9.17) is 4.98 Å². The minimum absolute atomic E-state index is 0.217. The molecule has 1 aliphatic heterocycles. The first-order valence-corrected chi connectivity index (χ1v) is 10.7. The van der Waals surface area contributed by atoms with E-state index in [9.17, 15) is 4.79 Å². The van der Waals surface area contributed by atoms with Crippen molar-refractivity contribution in [3.63, 3.8) is 0 Å². The van der Waals surface area contributed by atoms with Gasteiger partial charge in [-0.2, -0.15) is 9.97 Å². The maximum atomic E-state index is 12.0. The molecule has 1 aromatic carbocycles. The summed E-state index contributed by atoms with van der Waals surface area (Å²) in [4.78, 5) is 32.0. The van der Waals surface area contributed by atoms with Gasteiger partial charge in [-0.3, -0.25) is 9.78 Å². The molecule has 0 saturated carbocycles. The first-order valence-electron chi connectivity index (χ1n) is 10.7. The Kier molecular flexibility index (Phi) is 5.61. The molecule has 0 atom stereocenters. The highest BCUT2D eigenvalue weighted by molar-refractivity contribution is 5.86. The van der Waals surface area contributed by atoms with Crippen molar-refractivity contribution >= 4 is 34.5 Å². The van der Waals surface area contributed by atoms with E-state index in [2.05, 4.69) is 25.6 Å². The molecule has 0 spiro atoms. The fraction of sp³-hybridized carbons (Fsp3) is 0.261. The second kappa shape index (κ2) is 9.01. The molecule has 1 saturated heterocycles. The van der Waals surface area contributed by atoms with Gasteiger partial charge in [0.25, 0.3) is 0 Å². The third-order valence-corrected chi connectivity index (χ3v) is 5.46. The van der Waals surface area contributed by atoms with Crippen LogP contribution in [0.3, 0.4) is 0 Å². The van der Waals surface area contributed by atoms with E-state index in [1.165, 1.54) is 0 Å². The fourth-order valence-electron chi connectivity index (χ4n) is 3.79. The molecule has 9 nitrogen and oxygen atoms in total. The maximum absolute atomic E-state index is 12.0. The van der Waals surface area contributed by atoms with Crippen molar-refractivity contribution in [3.8, 4) is 0 Å². The molecule has 1 amide bonds. The van der Waals surface area contributed by atoms with Gasteiger partial charge in [0, 0.05) is 50.7 Å². The smallest absolute Gasteiger partial charge is 0.227 e. The van der Waals surface area contributed by atoms with Crippen LogP contribution < -0.4 is 10.6 Å². The van der Waals surface area contributed by atoms with Crippen LogP contribution in [0.4, 0.5) is 17.5 Å². The number of amides is 1. The lowest BCUT2D eigenvalue weighted by molar-refractivity contribution is -0.127. The van der Waals surface area contributed by atoms with Gasteiger partial charge < -0.3 is 20.1 Å². The minimum atomic E-state index is 0.217. The highest BCUT2D eigenvalue weighted by atomic mass is 16.2. The predicted octanol–water partition coefficient (Wildman–Crippen LogP) is 3.20. The Morgan fingerprint density at radius 3 is 2.72 bits per heavy atom. The topological polar surface area (TPSA) is 101 Å².